The van der Waals surface area contributed by atoms with E-state index in [1.807, 2.05) is 0 Å². The van der Waals surface area contributed by atoms with E-state index in [-0.39, 0.29) is 30.2 Å². The van der Waals surface area contributed by atoms with Crippen LogP contribution in [0.5, 0.6) is 0 Å². The maximum Gasteiger partial charge on any atom is 0.248 e. The number of benzene rings is 1. The molecule has 27 heavy (non-hydrogen) atoms. The van der Waals surface area contributed by atoms with Crippen LogP contribution >= 0.6 is 0 Å². The van der Waals surface area contributed by atoms with Crippen LogP contribution in [-0.2, 0) is 16.1 Å². The van der Waals surface area contributed by atoms with Crippen LogP contribution in [0.1, 0.15) is 38.2 Å². The van der Waals surface area contributed by atoms with Gasteiger partial charge in [-0.3, -0.25) is 14.3 Å². The van der Waals surface area contributed by atoms with Gasteiger partial charge in [0.05, 0.1) is 11.9 Å². The van der Waals surface area contributed by atoms with Gasteiger partial charge in [-0.05, 0) is 31.4 Å². The lowest BCUT2D eigenvalue weighted by atomic mass is 10.1. The Bertz CT molecular complexity index is 853. The normalized spacial score (nSPS) is 15.0. The molecule has 0 spiro atoms. The standard InChI is InChI=1S/C20H23FN4O2/c1-14(17-8-4-5-9-18(17)21)10-19(26)24-16-11-22-25(12-16)13-20(27)23-15-6-2-3-7-15/h4-5,8-12,15H,2-3,6-7,13H2,1H3,(H,23,27)(H,24,26). The van der Waals surface area contributed by atoms with Gasteiger partial charge in [-0.1, -0.05) is 31.0 Å². The summed E-state index contributed by atoms with van der Waals surface area (Å²) in [5.74, 6) is -0.843. The molecule has 1 aromatic carbocycles. The van der Waals surface area contributed by atoms with Crippen LogP contribution in [0.3, 0.4) is 0 Å². The van der Waals surface area contributed by atoms with Gasteiger partial charge < -0.3 is 10.6 Å². The molecule has 2 amide bonds. The second-order valence-corrected chi connectivity index (χ2v) is 6.77. The highest BCUT2D eigenvalue weighted by molar-refractivity contribution is 6.03. The Kier molecular flexibility index (Phi) is 6.01. The lowest BCUT2D eigenvalue weighted by molar-refractivity contribution is -0.122. The van der Waals surface area contributed by atoms with Crippen LogP contribution in [0.2, 0.25) is 0 Å². The maximum absolute atomic E-state index is 13.8. The van der Waals surface area contributed by atoms with Crippen molar-refractivity contribution in [2.24, 2.45) is 0 Å². The number of carbonyl (C=O) groups excluding carboxylic acids is 2. The molecule has 142 valence electrons. The number of allylic oxidation sites excluding steroid dienone is 1. The molecule has 1 saturated carbocycles. The van der Waals surface area contributed by atoms with Gasteiger partial charge in [-0.15, -0.1) is 0 Å². The van der Waals surface area contributed by atoms with E-state index in [0.29, 0.717) is 16.8 Å². The fourth-order valence-corrected chi connectivity index (χ4v) is 3.24. The van der Waals surface area contributed by atoms with E-state index in [1.165, 1.54) is 23.0 Å². The Morgan fingerprint density at radius 1 is 1.30 bits per heavy atom. The minimum absolute atomic E-state index is 0.0850. The highest BCUT2D eigenvalue weighted by atomic mass is 19.1. The Morgan fingerprint density at radius 2 is 2.04 bits per heavy atom. The number of amides is 2. The molecule has 0 atom stereocenters. The molecule has 7 heteroatoms. The van der Waals surface area contributed by atoms with Crippen molar-refractivity contribution in [2.75, 3.05) is 5.32 Å². The zero-order valence-corrected chi connectivity index (χ0v) is 15.2. The third-order valence-corrected chi connectivity index (χ3v) is 4.57. The van der Waals surface area contributed by atoms with E-state index in [4.69, 9.17) is 0 Å². The van der Waals surface area contributed by atoms with Crippen LogP contribution in [0.25, 0.3) is 5.57 Å². The van der Waals surface area contributed by atoms with Crippen LogP contribution in [-0.4, -0.2) is 27.6 Å². The predicted octanol–water partition coefficient (Wildman–Crippen LogP) is 3.12. The summed E-state index contributed by atoms with van der Waals surface area (Å²) in [5, 5.41) is 9.77. The summed E-state index contributed by atoms with van der Waals surface area (Å²) < 4.78 is 15.2. The van der Waals surface area contributed by atoms with E-state index in [0.717, 1.165) is 25.7 Å². The summed E-state index contributed by atoms with van der Waals surface area (Å²) >= 11 is 0. The summed E-state index contributed by atoms with van der Waals surface area (Å²) in [6, 6.07) is 6.55. The summed E-state index contributed by atoms with van der Waals surface area (Å²) in [6.07, 6.45) is 8.78. The van der Waals surface area contributed by atoms with Crippen molar-refractivity contribution in [1.82, 2.24) is 15.1 Å². The van der Waals surface area contributed by atoms with Gasteiger partial charge >= 0.3 is 0 Å². The molecule has 1 heterocycles. The first-order chi connectivity index (χ1) is 13.0. The molecule has 0 aliphatic heterocycles. The Hall–Kier alpha value is -2.96. The lowest BCUT2D eigenvalue weighted by Gasteiger charge is -2.11. The van der Waals surface area contributed by atoms with Crippen molar-refractivity contribution >= 4 is 23.1 Å². The average Bonchev–Trinajstić information content (AvgIpc) is 3.27. The van der Waals surface area contributed by atoms with Crippen molar-refractivity contribution in [2.45, 2.75) is 45.2 Å². The molecule has 1 fully saturated rings. The van der Waals surface area contributed by atoms with Crippen molar-refractivity contribution < 1.29 is 14.0 Å². The third kappa shape index (κ3) is 5.26. The number of aromatic nitrogens is 2. The molecule has 1 aromatic heterocycles. The molecular weight excluding hydrogens is 347 g/mol. The molecule has 0 unspecified atom stereocenters. The molecular formula is C20H23FN4O2. The van der Waals surface area contributed by atoms with Gasteiger partial charge in [-0.25, -0.2) is 4.39 Å². The largest absolute Gasteiger partial charge is 0.352 e. The van der Waals surface area contributed by atoms with E-state index < -0.39 is 0 Å². The predicted molar refractivity (Wildman–Crippen MR) is 101 cm³/mol. The lowest BCUT2D eigenvalue weighted by Crippen LogP contribution is -2.35. The van der Waals surface area contributed by atoms with Gasteiger partial charge in [-0.2, -0.15) is 5.10 Å². The number of nitrogens with one attached hydrogen (secondary N) is 2. The second-order valence-electron chi connectivity index (χ2n) is 6.77. The van der Waals surface area contributed by atoms with Crippen molar-refractivity contribution in [1.29, 1.82) is 0 Å². The minimum atomic E-state index is -0.384. The van der Waals surface area contributed by atoms with Gasteiger partial charge in [0, 0.05) is 23.9 Å². The van der Waals surface area contributed by atoms with E-state index >= 15 is 0 Å². The number of hydrogen-bond donors (Lipinski definition) is 2. The fraction of sp³-hybridized carbons (Fsp3) is 0.350. The van der Waals surface area contributed by atoms with Gasteiger partial charge in [0.25, 0.3) is 0 Å². The van der Waals surface area contributed by atoms with Gasteiger partial charge in [0.1, 0.15) is 12.4 Å². The van der Waals surface area contributed by atoms with Crippen LogP contribution < -0.4 is 10.6 Å². The Labute approximate surface area is 157 Å². The average molecular weight is 370 g/mol. The molecule has 6 nitrogen and oxygen atoms in total. The van der Waals surface area contributed by atoms with Gasteiger partial charge in [0.15, 0.2) is 0 Å². The number of carbonyl (C=O) groups is 2. The highest BCUT2D eigenvalue weighted by Gasteiger charge is 2.17. The van der Waals surface area contributed by atoms with Crippen molar-refractivity contribution in [3.63, 3.8) is 0 Å². The number of hydrogen-bond acceptors (Lipinski definition) is 3. The molecule has 1 aliphatic carbocycles. The van der Waals surface area contributed by atoms with E-state index in [1.54, 1.807) is 31.3 Å². The first-order valence-corrected chi connectivity index (χ1v) is 9.07. The van der Waals surface area contributed by atoms with Crippen LogP contribution in [0.4, 0.5) is 10.1 Å². The number of anilines is 1. The zero-order chi connectivity index (χ0) is 19.2. The number of nitrogens with zero attached hydrogens (tertiary/aromatic N) is 2. The zero-order valence-electron chi connectivity index (χ0n) is 15.2. The maximum atomic E-state index is 13.8. The topological polar surface area (TPSA) is 76.0 Å². The first kappa shape index (κ1) is 18.8. The SMILES string of the molecule is CC(=CC(=O)Nc1cnn(CC(=O)NC2CCCC2)c1)c1ccccc1F. The first-order valence-electron chi connectivity index (χ1n) is 9.07. The molecule has 3 rings (SSSR count). The Balaban J connectivity index is 1.55. The molecule has 1 aliphatic rings. The Morgan fingerprint density at radius 3 is 2.78 bits per heavy atom. The van der Waals surface area contributed by atoms with Crippen molar-refractivity contribution in [3.05, 3.63) is 54.1 Å². The molecule has 0 radical (unpaired) electrons. The molecule has 0 bridgehead atoms. The fourth-order valence-electron chi connectivity index (χ4n) is 3.24. The molecule has 2 aromatic rings. The second kappa shape index (κ2) is 8.62. The summed E-state index contributed by atoms with van der Waals surface area (Å²) in [7, 11) is 0. The van der Waals surface area contributed by atoms with Gasteiger partial charge in [0.2, 0.25) is 11.8 Å². The molecule has 2 N–H and O–H groups in total. The van der Waals surface area contributed by atoms with Crippen LogP contribution in [0, 0.1) is 5.82 Å². The van der Waals surface area contributed by atoms with E-state index in [9.17, 15) is 14.0 Å². The van der Waals surface area contributed by atoms with Crippen molar-refractivity contribution in [3.8, 4) is 0 Å². The number of halogens is 1. The van der Waals surface area contributed by atoms with Crippen LogP contribution in [0.15, 0.2) is 42.7 Å². The molecule has 0 saturated heterocycles. The smallest absolute Gasteiger partial charge is 0.248 e. The van der Waals surface area contributed by atoms with E-state index in [2.05, 4.69) is 15.7 Å². The minimum Gasteiger partial charge on any atom is -0.352 e. The monoisotopic (exact) mass is 370 g/mol. The third-order valence-electron chi connectivity index (χ3n) is 4.57. The summed E-state index contributed by atoms with van der Waals surface area (Å²) in [5.41, 5.74) is 1.38. The quantitative estimate of drug-likeness (QED) is 0.767. The highest BCUT2D eigenvalue weighted by Crippen LogP contribution is 2.18. The summed E-state index contributed by atoms with van der Waals surface area (Å²) in [4.78, 5) is 24.2. The number of rotatable bonds is 6. The summed E-state index contributed by atoms with van der Waals surface area (Å²) in [6.45, 7) is 1.78.